The summed E-state index contributed by atoms with van der Waals surface area (Å²) in [5.74, 6) is 0.517. The van der Waals surface area contributed by atoms with Crippen LogP contribution in [0.2, 0.25) is 10.0 Å². The Hall–Kier alpha value is -2.70. The van der Waals surface area contributed by atoms with Crippen molar-refractivity contribution >= 4 is 40.6 Å². The Morgan fingerprint density at radius 3 is 2.58 bits per heavy atom. The molecule has 0 saturated heterocycles. The van der Waals surface area contributed by atoms with E-state index in [0.717, 1.165) is 5.56 Å². The lowest BCUT2D eigenvalue weighted by atomic mass is 10.2. The minimum Gasteiger partial charge on any atom is -0.495 e. The highest BCUT2D eigenvalue weighted by Crippen LogP contribution is 2.27. The minimum absolute atomic E-state index is 0.420. The maximum Gasteiger partial charge on any atom is 0.323 e. The summed E-state index contributed by atoms with van der Waals surface area (Å²) in [7, 11) is 1.52. The molecule has 0 radical (unpaired) electrons. The molecule has 0 bridgehead atoms. The number of hydrogen-bond acceptors (Lipinski definition) is 3. The fourth-order valence-corrected chi connectivity index (χ4v) is 2.65. The molecule has 26 heavy (non-hydrogen) atoms. The lowest BCUT2D eigenvalue weighted by Crippen LogP contribution is -2.19. The van der Waals surface area contributed by atoms with E-state index in [1.807, 2.05) is 24.3 Å². The monoisotopic (exact) mass is 390 g/mol. The Labute approximate surface area is 160 Å². The molecular formula is C18H16Cl2N4O2. The zero-order chi connectivity index (χ0) is 18.5. The van der Waals surface area contributed by atoms with E-state index in [1.54, 1.807) is 35.3 Å². The summed E-state index contributed by atoms with van der Waals surface area (Å²) in [5.41, 5.74) is 2.10. The Balaban J connectivity index is 1.62. The average molecular weight is 391 g/mol. The maximum absolute atomic E-state index is 12.2. The van der Waals surface area contributed by atoms with Crippen molar-refractivity contribution in [2.75, 3.05) is 17.7 Å². The Morgan fingerprint density at radius 1 is 1.12 bits per heavy atom. The van der Waals surface area contributed by atoms with Crippen molar-refractivity contribution in [3.05, 3.63) is 70.5 Å². The summed E-state index contributed by atoms with van der Waals surface area (Å²) in [4.78, 5) is 12.2. The van der Waals surface area contributed by atoms with Crippen molar-refractivity contribution < 1.29 is 9.53 Å². The van der Waals surface area contributed by atoms with Gasteiger partial charge < -0.3 is 15.4 Å². The highest BCUT2D eigenvalue weighted by molar-refractivity contribution is 6.31. The first-order chi connectivity index (χ1) is 12.5. The second-order valence-corrected chi connectivity index (χ2v) is 6.35. The fraction of sp³-hybridized carbons (Fsp3) is 0.111. The summed E-state index contributed by atoms with van der Waals surface area (Å²) in [6.45, 7) is 0.572. The van der Waals surface area contributed by atoms with Gasteiger partial charge in [0, 0.05) is 16.2 Å². The molecule has 134 valence electrons. The van der Waals surface area contributed by atoms with Crippen LogP contribution < -0.4 is 15.4 Å². The number of urea groups is 1. The zero-order valence-electron chi connectivity index (χ0n) is 13.9. The van der Waals surface area contributed by atoms with Gasteiger partial charge in [-0.1, -0.05) is 35.3 Å². The molecule has 0 fully saturated rings. The molecule has 0 aliphatic heterocycles. The average Bonchev–Trinajstić information content (AvgIpc) is 3.04. The SMILES string of the molecule is COc1ccc(Cl)cc1NC(=O)Nc1cnn(Cc2ccc(Cl)cc2)c1. The first-order valence-corrected chi connectivity index (χ1v) is 8.47. The minimum atomic E-state index is -0.420. The van der Waals surface area contributed by atoms with Crippen molar-refractivity contribution in [2.45, 2.75) is 6.54 Å². The van der Waals surface area contributed by atoms with Gasteiger partial charge in [-0.2, -0.15) is 5.10 Å². The molecule has 0 saturated carbocycles. The second-order valence-electron chi connectivity index (χ2n) is 5.48. The molecule has 1 heterocycles. The first kappa shape index (κ1) is 18.1. The van der Waals surface area contributed by atoms with Gasteiger partial charge in [0.05, 0.1) is 31.2 Å². The Kier molecular flexibility index (Phi) is 5.65. The Bertz CT molecular complexity index is 910. The van der Waals surface area contributed by atoms with Crippen molar-refractivity contribution in [3.63, 3.8) is 0 Å². The van der Waals surface area contributed by atoms with Crippen LogP contribution in [0.4, 0.5) is 16.2 Å². The molecule has 0 atom stereocenters. The smallest absolute Gasteiger partial charge is 0.323 e. The number of nitrogens with zero attached hydrogens (tertiary/aromatic N) is 2. The highest BCUT2D eigenvalue weighted by Gasteiger charge is 2.09. The molecule has 8 heteroatoms. The molecule has 3 rings (SSSR count). The number of anilines is 2. The number of benzene rings is 2. The van der Waals surface area contributed by atoms with Gasteiger partial charge in [0.1, 0.15) is 5.75 Å². The molecule has 6 nitrogen and oxygen atoms in total. The lowest BCUT2D eigenvalue weighted by molar-refractivity contribution is 0.262. The van der Waals surface area contributed by atoms with Crippen molar-refractivity contribution in [1.82, 2.24) is 9.78 Å². The topological polar surface area (TPSA) is 68.2 Å². The van der Waals surface area contributed by atoms with E-state index in [9.17, 15) is 4.79 Å². The first-order valence-electron chi connectivity index (χ1n) is 7.72. The van der Waals surface area contributed by atoms with Crippen molar-refractivity contribution in [2.24, 2.45) is 0 Å². The predicted octanol–water partition coefficient (Wildman–Crippen LogP) is 4.89. The number of aromatic nitrogens is 2. The predicted molar refractivity (Wildman–Crippen MR) is 103 cm³/mol. The van der Waals surface area contributed by atoms with Crippen LogP contribution in [0, 0.1) is 0 Å². The summed E-state index contributed by atoms with van der Waals surface area (Å²) in [6.07, 6.45) is 3.31. The molecule has 0 spiro atoms. The number of rotatable bonds is 5. The standard InChI is InChI=1S/C18H16Cl2N4O2/c1-26-17-7-6-14(20)8-16(17)23-18(25)22-15-9-21-24(11-15)10-12-2-4-13(19)5-3-12/h2-9,11H,10H2,1H3,(H2,22,23,25). The van der Waals surface area contributed by atoms with Gasteiger partial charge in [-0.05, 0) is 35.9 Å². The molecular weight excluding hydrogens is 375 g/mol. The maximum atomic E-state index is 12.2. The normalized spacial score (nSPS) is 10.4. The number of carbonyl (C=O) groups excluding carboxylic acids is 1. The third kappa shape index (κ3) is 4.68. The molecule has 3 aromatic rings. The van der Waals surface area contributed by atoms with Crippen molar-refractivity contribution in [1.29, 1.82) is 0 Å². The lowest BCUT2D eigenvalue weighted by Gasteiger charge is -2.10. The van der Waals surface area contributed by atoms with E-state index in [0.29, 0.717) is 33.7 Å². The summed E-state index contributed by atoms with van der Waals surface area (Å²) < 4.78 is 6.92. The fourth-order valence-electron chi connectivity index (χ4n) is 2.35. The third-order valence-electron chi connectivity index (χ3n) is 3.56. The summed E-state index contributed by atoms with van der Waals surface area (Å²) >= 11 is 11.8. The number of hydrogen-bond donors (Lipinski definition) is 2. The van der Waals surface area contributed by atoms with E-state index in [2.05, 4.69) is 15.7 Å². The molecule has 0 aliphatic rings. The number of carbonyl (C=O) groups is 1. The van der Waals surface area contributed by atoms with Gasteiger partial charge in [-0.3, -0.25) is 4.68 Å². The molecule has 2 amide bonds. The van der Waals surface area contributed by atoms with Gasteiger partial charge in [0.15, 0.2) is 0 Å². The van der Waals surface area contributed by atoms with E-state index >= 15 is 0 Å². The van der Waals surface area contributed by atoms with Crippen LogP contribution in [0.25, 0.3) is 0 Å². The zero-order valence-corrected chi connectivity index (χ0v) is 15.4. The van der Waals surface area contributed by atoms with E-state index < -0.39 is 6.03 Å². The number of ether oxygens (including phenoxy) is 1. The van der Waals surface area contributed by atoms with E-state index in [1.165, 1.54) is 7.11 Å². The number of nitrogens with one attached hydrogen (secondary N) is 2. The van der Waals surface area contributed by atoms with Gasteiger partial charge >= 0.3 is 6.03 Å². The van der Waals surface area contributed by atoms with Gasteiger partial charge in [0.2, 0.25) is 0 Å². The largest absolute Gasteiger partial charge is 0.495 e. The van der Waals surface area contributed by atoms with Crippen molar-refractivity contribution in [3.8, 4) is 5.75 Å². The van der Waals surface area contributed by atoms with Crippen LogP contribution in [0.15, 0.2) is 54.9 Å². The van der Waals surface area contributed by atoms with Crippen LogP contribution in [0.5, 0.6) is 5.75 Å². The molecule has 2 N–H and O–H groups in total. The molecule has 0 aliphatic carbocycles. The molecule has 1 aromatic heterocycles. The van der Waals surface area contributed by atoms with E-state index in [4.69, 9.17) is 27.9 Å². The summed E-state index contributed by atoms with van der Waals surface area (Å²) in [5, 5.41) is 10.8. The van der Waals surface area contributed by atoms with Gasteiger partial charge in [-0.15, -0.1) is 0 Å². The van der Waals surface area contributed by atoms with Gasteiger partial charge in [0.25, 0.3) is 0 Å². The van der Waals surface area contributed by atoms with Crippen LogP contribution in [0.1, 0.15) is 5.56 Å². The highest BCUT2D eigenvalue weighted by atomic mass is 35.5. The van der Waals surface area contributed by atoms with Crippen LogP contribution >= 0.6 is 23.2 Å². The van der Waals surface area contributed by atoms with Crippen LogP contribution in [-0.4, -0.2) is 22.9 Å². The quantitative estimate of drug-likeness (QED) is 0.651. The number of methoxy groups -OCH3 is 1. The molecule has 2 aromatic carbocycles. The van der Waals surface area contributed by atoms with Crippen LogP contribution in [0.3, 0.4) is 0 Å². The summed E-state index contributed by atoms with van der Waals surface area (Å²) in [6, 6.07) is 12.1. The van der Waals surface area contributed by atoms with Crippen LogP contribution in [-0.2, 0) is 6.54 Å². The third-order valence-corrected chi connectivity index (χ3v) is 4.05. The van der Waals surface area contributed by atoms with Gasteiger partial charge in [-0.25, -0.2) is 4.79 Å². The second kappa shape index (κ2) is 8.12. The number of halogens is 2. The van der Waals surface area contributed by atoms with E-state index in [-0.39, 0.29) is 0 Å². The number of amides is 2. The Morgan fingerprint density at radius 2 is 1.85 bits per heavy atom. The molecule has 0 unspecified atom stereocenters.